The van der Waals surface area contributed by atoms with Crippen LogP contribution in [0, 0.1) is 6.92 Å². The van der Waals surface area contributed by atoms with E-state index in [-0.39, 0.29) is 7.33 Å². The number of hydrogen-bond acceptors (Lipinski definition) is 4. The van der Waals surface area contributed by atoms with Gasteiger partial charge in [-0.15, -0.1) is 0 Å². The minimum absolute atomic E-state index is 0. The van der Waals surface area contributed by atoms with Crippen molar-refractivity contribution in [3.63, 3.8) is 0 Å². The zero-order valence-corrected chi connectivity index (χ0v) is 14.9. The number of para-hydroxylation sites is 1. The number of aryl methyl sites for hydroxylation is 1. The molecular weight excluding hydrogens is 342 g/mol. The second-order valence-corrected chi connectivity index (χ2v) is 6.29. The fourth-order valence-electron chi connectivity index (χ4n) is 3.11. The fraction of sp³-hybridized carbons (Fsp3) is 0.0909. The highest BCUT2D eigenvalue weighted by Crippen LogP contribution is 2.35. The van der Waals surface area contributed by atoms with Gasteiger partial charge in [0.15, 0.2) is 0 Å². The maximum absolute atomic E-state index is 12.3. The Bertz CT molecular complexity index is 1100. The predicted molar refractivity (Wildman–Crippen MR) is 105 cm³/mol. The van der Waals surface area contributed by atoms with E-state index in [0.29, 0.717) is 22.7 Å². The molecule has 0 atom stereocenters. The summed E-state index contributed by atoms with van der Waals surface area (Å²) in [5.74, 6) is 0.676. The lowest BCUT2D eigenvalue weighted by Crippen LogP contribution is -2.03. The molecule has 2 aromatic carbocycles. The molecule has 1 amide bonds. The van der Waals surface area contributed by atoms with E-state index < -0.39 is 5.97 Å². The lowest BCUT2D eigenvalue weighted by Gasteiger charge is -2.01. The molecule has 2 heterocycles. The largest absolute Gasteiger partial charge is 0.465 e. The van der Waals surface area contributed by atoms with Crippen LogP contribution in [0.1, 0.15) is 28.7 Å². The summed E-state index contributed by atoms with van der Waals surface area (Å²) in [6, 6.07) is 16.5. The quantitative estimate of drug-likeness (QED) is 0.538. The van der Waals surface area contributed by atoms with Gasteiger partial charge in [0.05, 0.1) is 18.2 Å². The first-order chi connectivity index (χ1) is 13.1. The summed E-state index contributed by atoms with van der Waals surface area (Å²) in [5, 5.41) is 2.85. The number of hydrogen-bond donors (Lipinski definition) is 1. The molecule has 3 aromatic rings. The Balaban J connectivity index is 0.00000225. The molecule has 0 radical (unpaired) electrons. The standard InChI is InChI=1S/C22H17NO4.H2/c1-13-10-20(14-6-5-7-15(11-14)22(25)26-2)27-19(13)12-17-16-8-3-4-9-18(16)23-21(17)24;/h3-12H,1-2H3,(H,23,24);1H/b17-12+;. The van der Waals surface area contributed by atoms with Gasteiger partial charge in [-0.2, -0.15) is 0 Å². The number of rotatable bonds is 3. The third kappa shape index (κ3) is 3.04. The van der Waals surface area contributed by atoms with Crippen molar-refractivity contribution >= 4 is 29.2 Å². The van der Waals surface area contributed by atoms with Gasteiger partial charge < -0.3 is 14.5 Å². The molecule has 5 heteroatoms. The minimum Gasteiger partial charge on any atom is -0.465 e. The number of anilines is 1. The molecule has 0 spiro atoms. The molecule has 0 saturated carbocycles. The topological polar surface area (TPSA) is 68.5 Å². The van der Waals surface area contributed by atoms with Crippen molar-refractivity contribution in [2.45, 2.75) is 6.92 Å². The number of furan rings is 1. The highest BCUT2D eigenvalue weighted by molar-refractivity contribution is 6.34. The number of carbonyl (C=O) groups excluding carboxylic acids is 2. The molecule has 4 rings (SSSR count). The zero-order valence-electron chi connectivity index (χ0n) is 14.9. The van der Waals surface area contributed by atoms with Gasteiger partial charge in [0.1, 0.15) is 11.5 Å². The van der Waals surface area contributed by atoms with Crippen molar-refractivity contribution in [2.24, 2.45) is 0 Å². The highest BCUT2D eigenvalue weighted by Gasteiger charge is 2.24. The SMILES string of the molecule is COC(=O)c1cccc(-c2cc(C)c(/C=C3/C(=O)Nc4ccccc43)o2)c1.[HH]. The van der Waals surface area contributed by atoms with Crippen molar-refractivity contribution in [3.8, 4) is 11.3 Å². The van der Waals surface area contributed by atoms with Gasteiger partial charge in [0, 0.05) is 18.2 Å². The van der Waals surface area contributed by atoms with Gasteiger partial charge in [-0.25, -0.2) is 4.79 Å². The van der Waals surface area contributed by atoms with Crippen molar-refractivity contribution < 1.29 is 20.2 Å². The number of carbonyl (C=O) groups is 2. The second-order valence-electron chi connectivity index (χ2n) is 6.29. The highest BCUT2D eigenvalue weighted by atomic mass is 16.5. The van der Waals surface area contributed by atoms with Gasteiger partial charge in [-0.3, -0.25) is 4.79 Å². The van der Waals surface area contributed by atoms with Crippen LogP contribution < -0.4 is 5.32 Å². The van der Waals surface area contributed by atoms with Crippen LogP contribution in [0.4, 0.5) is 5.69 Å². The third-order valence-electron chi connectivity index (χ3n) is 4.51. The molecule has 1 aliphatic rings. The Morgan fingerprint density at radius 3 is 2.78 bits per heavy atom. The molecule has 1 aromatic heterocycles. The van der Waals surface area contributed by atoms with Gasteiger partial charge in [0.25, 0.3) is 5.91 Å². The van der Waals surface area contributed by atoms with E-state index in [1.54, 1.807) is 24.3 Å². The van der Waals surface area contributed by atoms with Crippen LogP contribution in [-0.2, 0) is 9.53 Å². The molecule has 27 heavy (non-hydrogen) atoms. The summed E-state index contributed by atoms with van der Waals surface area (Å²) in [7, 11) is 1.35. The number of fused-ring (bicyclic) bond motifs is 1. The summed E-state index contributed by atoms with van der Waals surface area (Å²) in [6.45, 7) is 1.92. The molecule has 5 nitrogen and oxygen atoms in total. The first-order valence-corrected chi connectivity index (χ1v) is 8.48. The monoisotopic (exact) mass is 361 g/mol. The van der Waals surface area contributed by atoms with Gasteiger partial charge >= 0.3 is 5.97 Å². The average Bonchev–Trinajstić information content (AvgIpc) is 3.21. The number of nitrogens with one attached hydrogen (secondary N) is 1. The van der Waals surface area contributed by atoms with E-state index in [0.717, 1.165) is 22.4 Å². The molecule has 0 fully saturated rings. The molecule has 0 unspecified atom stereocenters. The van der Waals surface area contributed by atoms with Crippen LogP contribution in [0.15, 0.2) is 59.0 Å². The van der Waals surface area contributed by atoms with E-state index in [9.17, 15) is 9.59 Å². The zero-order chi connectivity index (χ0) is 19.0. The molecule has 0 aliphatic carbocycles. The lowest BCUT2D eigenvalue weighted by molar-refractivity contribution is -0.110. The summed E-state index contributed by atoms with van der Waals surface area (Å²) in [4.78, 5) is 24.0. The first-order valence-electron chi connectivity index (χ1n) is 8.48. The van der Waals surface area contributed by atoms with E-state index >= 15 is 0 Å². The van der Waals surface area contributed by atoms with Crippen LogP contribution in [-0.4, -0.2) is 19.0 Å². The molecule has 0 saturated heterocycles. The summed E-state index contributed by atoms with van der Waals surface area (Å²) in [5.41, 5.74) is 4.34. The molecule has 136 valence electrons. The Kier molecular flexibility index (Phi) is 4.12. The minimum atomic E-state index is -0.401. The summed E-state index contributed by atoms with van der Waals surface area (Å²) < 4.78 is 10.8. The van der Waals surface area contributed by atoms with Crippen molar-refractivity contribution in [2.75, 3.05) is 12.4 Å². The Morgan fingerprint density at radius 1 is 1.15 bits per heavy atom. The summed E-state index contributed by atoms with van der Waals surface area (Å²) >= 11 is 0. The third-order valence-corrected chi connectivity index (χ3v) is 4.51. The van der Waals surface area contributed by atoms with Crippen LogP contribution in [0.5, 0.6) is 0 Å². The van der Waals surface area contributed by atoms with Crippen LogP contribution in [0.2, 0.25) is 0 Å². The smallest absolute Gasteiger partial charge is 0.337 e. The van der Waals surface area contributed by atoms with E-state index in [2.05, 4.69) is 5.32 Å². The maximum Gasteiger partial charge on any atom is 0.337 e. The van der Waals surface area contributed by atoms with Crippen molar-refractivity contribution in [1.82, 2.24) is 0 Å². The predicted octanol–water partition coefficient (Wildman–Crippen LogP) is 4.78. The summed E-state index contributed by atoms with van der Waals surface area (Å²) in [6.07, 6.45) is 1.75. The molecule has 1 aliphatic heterocycles. The van der Waals surface area contributed by atoms with Crippen LogP contribution in [0.3, 0.4) is 0 Å². The number of methoxy groups -OCH3 is 1. The second kappa shape index (κ2) is 6.61. The number of esters is 1. The van der Waals surface area contributed by atoms with E-state index in [4.69, 9.17) is 9.15 Å². The number of benzene rings is 2. The van der Waals surface area contributed by atoms with Gasteiger partial charge in [-0.05, 0) is 42.8 Å². The normalized spacial score (nSPS) is 14.1. The van der Waals surface area contributed by atoms with Crippen LogP contribution in [0.25, 0.3) is 23.0 Å². The maximum atomic E-state index is 12.3. The van der Waals surface area contributed by atoms with Gasteiger partial charge in [0.2, 0.25) is 0 Å². The van der Waals surface area contributed by atoms with Crippen molar-refractivity contribution in [3.05, 3.63) is 77.0 Å². The number of ether oxygens (including phenoxy) is 1. The average molecular weight is 361 g/mol. The van der Waals surface area contributed by atoms with E-state index in [1.807, 2.05) is 43.3 Å². The Hall–Kier alpha value is -3.60. The van der Waals surface area contributed by atoms with E-state index in [1.165, 1.54) is 7.11 Å². The van der Waals surface area contributed by atoms with Crippen molar-refractivity contribution in [1.29, 1.82) is 0 Å². The van der Waals surface area contributed by atoms with Crippen LogP contribution >= 0.6 is 0 Å². The number of amides is 1. The lowest BCUT2D eigenvalue weighted by atomic mass is 10.1. The molecular formula is C22H19NO4. The molecule has 1 N–H and O–H groups in total. The Labute approximate surface area is 157 Å². The van der Waals surface area contributed by atoms with Gasteiger partial charge in [-0.1, -0.05) is 30.3 Å². The Morgan fingerprint density at radius 2 is 1.96 bits per heavy atom. The fourth-order valence-corrected chi connectivity index (χ4v) is 3.11. The first kappa shape index (κ1) is 16.8. The molecule has 0 bridgehead atoms.